The van der Waals surface area contributed by atoms with Crippen molar-refractivity contribution in [2.24, 2.45) is 0 Å². The maximum atomic E-state index is 13.1. The molecular formula is C21H21ClN6OS. The van der Waals surface area contributed by atoms with Gasteiger partial charge in [0.15, 0.2) is 0 Å². The topological polar surface area (TPSA) is 68.8 Å². The monoisotopic (exact) mass is 440 g/mol. The number of hydrogen-bond acceptors (Lipinski definition) is 5. The molecule has 0 spiro atoms. The van der Waals surface area contributed by atoms with Crippen molar-refractivity contribution in [3.8, 4) is 0 Å². The quantitative estimate of drug-likeness (QED) is 0.477. The van der Waals surface area contributed by atoms with E-state index in [4.69, 9.17) is 11.6 Å². The fraction of sp³-hybridized carbons (Fsp3) is 0.333. The molecule has 1 aliphatic rings. The molecule has 0 unspecified atom stereocenters. The van der Waals surface area contributed by atoms with Gasteiger partial charge in [0.2, 0.25) is 0 Å². The lowest BCUT2D eigenvalue weighted by Crippen LogP contribution is -2.38. The first-order valence-electron chi connectivity index (χ1n) is 9.94. The van der Waals surface area contributed by atoms with Crippen LogP contribution in [0.15, 0.2) is 43.0 Å². The lowest BCUT2D eigenvalue weighted by molar-refractivity contribution is 0.0695. The van der Waals surface area contributed by atoms with E-state index in [0.717, 1.165) is 57.3 Å². The maximum Gasteiger partial charge on any atom is 0.264 e. The van der Waals surface area contributed by atoms with E-state index in [2.05, 4.69) is 15.2 Å². The predicted molar refractivity (Wildman–Crippen MR) is 117 cm³/mol. The summed E-state index contributed by atoms with van der Waals surface area (Å²) in [6.45, 7) is 4.02. The molecule has 4 aromatic rings. The van der Waals surface area contributed by atoms with Crippen molar-refractivity contribution in [3.63, 3.8) is 0 Å². The normalized spacial score (nSPS) is 15.2. The van der Waals surface area contributed by atoms with Crippen LogP contribution in [0, 0.1) is 6.92 Å². The van der Waals surface area contributed by atoms with Crippen molar-refractivity contribution in [1.29, 1.82) is 0 Å². The number of aromatic nitrogens is 5. The predicted octanol–water partition coefficient (Wildman–Crippen LogP) is 4.18. The molecule has 30 heavy (non-hydrogen) atoms. The molecule has 154 valence electrons. The summed E-state index contributed by atoms with van der Waals surface area (Å²) in [5.74, 6) is 0.0944. The van der Waals surface area contributed by atoms with Gasteiger partial charge in [0.1, 0.15) is 17.5 Å². The highest BCUT2D eigenvalue weighted by atomic mass is 35.5. The molecule has 0 aliphatic carbocycles. The summed E-state index contributed by atoms with van der Waals surface area (Å²) in [7, 11) is 0. The van der Waals surface area contributed by atoms with E-state index in [1.54, 1.807) is 12.7 Å². The zero-order valence-electron chi connectivity index (χ0n) is 16.5. The van der Waals surface area contributed by atoms with Crippen LogP contribution in [0.4, 0.5) is 0 Å². The van der Waals surface area contributed by atoms with Crippen LogP contribution in [0.25, 0.3) is 10.2 Å². The molecule has 0 radical (unpaired) electrons. The molecule has 1 aromatic carbocycles. The van der Waals surface area contributed by atoms with E-state index in [0.29, 0.717) is 12.6 Å². The highest BCUT2D eigenvalue weighted by molar-refractivity contribution is 7.20. The minimum absolute atomic E-state index is 0.0944. The van der Waals surface area contributed by atoms with Crippen molar-refractivity contribution in [3.05, 3.63) is 64.1 Å². The molecule has 9 heteroatoms. The number of fused-ring (bicyclic) bond motifs is 1. The highest BCUT2D eigenvalue weighted by Crippen LogP contribution is 2.31. The standard InChI is InChI=1S/C21H21ClN6OS/c1-14-17-10-19(20(29)26-8-6-16(7-9-26)28-13-23-12-24-28)30-21(17)27(25-14)11-15-4-2-3-5-18(15)22/h2-5,10,12-13,16H,6-9,11H2,1H3. The number of amides is 1. The maximum absolute atomic E-state index is 13.1. The van der Waals surface area contributed by atoms with E-state index >= 15 is 0 Å². The minimum atomic E-state index is 0.0944. The molecule has 0 saturated carbocycles. The Kier molecular flexibility index (Phi) is 5.04. The Hall–Kier alpha value is -2.71. The van der Waals surface area contributed by atoms with Gasteiger partial charge in [-0.3, -0.25) is 9.48 Å². The van der Waals surface area contributed by atoms with Gasteiger partial charge in [-0.15, -0.1) is 11.3 Å². The number of nitrogens with zero attached hydrogens (tertiary/aromatic N) is 6. The van der Waals surface area contributed by atoms with E-state index in [1.165, 1.54) is 11.3 Å². The van der Waals surface area contributed by atoms with Crippen LogP contribution in [-0.2, 0) is 6.54 Å². The number of thiophene rings is 1. The number of carbonyl (C=O) groups excluding carboxylic acids is 1. The van der Waals surface area contributed by atoms with Gasteiger partial charge in [-0.1, -0.05) is 29.8 Å². The fourth-order valence-corrected chi connectivity index (χ4v) is 5.33. The molecule has 0 atom stereocenters. The Balaban J connectivity index is 1.35. The summed E-state index contributed by atoms with van der Waals surface area (Å²) in [4.78, 5) is 20.9. The second-order valence-electron chi connectivity index (χ2n) is 7.56. The molecule has 0 bridgehead atoms. The van der Waals surface area contributed by atoms with Gasteiger partial charge >= 0.3 is 0 Å². The number of halogens is 1. The fourth-order valence-electron chi connectivity index (χ4n) is 4.01. The SMILES string of the molecule is Cc1nn(Cc2ccccc2Cl)c2sc(C(=O)N3CCC(n4cncn4)CC3)cc12. The number of likely N-dealkylation sites (tertiary alicyclic amines) is 1. The zero-order chi connectivity index (χ0) is 20.7. The third kappa shape index (κ3) is 3.50. The first kappa shape index (κ1) is 19.3. The summed E-state index contributed by atoms with van der Waals surface area (Å²) in [5.41, 5.74) is 1.94. The van der Waals surface area contributed by atoms with Crippen LogP contribution >= 0.6 is 22.9 Å². The lowest BCUT2D eigenvalue weighted by atomic mass is 10.1. The van der Waals surface area contributed by atoms with Crippen molar-refractivity contribution in [1.82, 2.24) is 29.4 Å². The number of piperidine rings is 1. The summed E-state index contributed by atoms with van der Waals surface area (Å²) < 4.78 is 3.85. The second-order valence-corrected chi connectivity index (χ2v) is 9.00. The van der Waals surface area contributed by atoms with E-state index in [1.807, 2.05) is 51.5 Å². The molecule has 1 fully saturated rings. The van der Waals surface area contributed by atoms with Gasteiger partial charge in [0.05, 0.1) is 23.2 Å². The molecule has 1 amide bonds. The molecule has 1 aliphatic heterocycles. The number of aryl methyl sites for hydroxylation is 1. The Bertz CT molecular complexity index is 1190. The summed E-state index contributed by atoms with van der Waals surface area (Å²) >= 11 is 7.84. The molecule has 0 N–H and O–H groups in total. The van der Waals surface area contributed by atoms with Crippen molar-refractivity contribution >= 4 is 39.1 Å². The number of rotatable bonds is 4. The molecule has 4 heterocycles. The molecule has 3 aromatic heterocycles. The van der Waals surface area contributed by atoms with Gasteiger partial charge in [0.25, 0.3) is 5.91 Å². The smallest absolute Gasteiger partial charge is 0.264 e. The summed E-state index contributed by atoms with van der Waals surface area (Å²) in [5, 5.41) is 10.7. The van der Waals surface area contributed by atoms with E-state index in [-0.39, 0.29) is 5.91 Å². The van der Waals surface area contributed by atoms with E-state index in [9.17, 15) is 4.79 Å². The molecule has 7 nitrogen and oxygen atoms in total. The van der Waals surface area contributed by atoms with Crippen LogP contribution in [0.3, 0.4) is 0 Å². The van der Waals surface area contributed by atoms with Crippen LogP contribution in [0.1, 0.15) is 39.8 Å². The first-order valence-corrected chi connectivity index (χ1v) is 11.1. The second kappa shape index (κ2) is 7.85. The Labute approximate surface area is 182 Å². The highest BCUT2D eigenvalue weighted by Gasteiger charge is 2.27. The van der Waals surface area contributed by atoms with Gasteiger partial charge in [-0.05, 0) is 37.5 Å². The van der Waals surface area contributed by atoms with Crippen LogP contribution < -0.4 is 0 Å². The van der Waals surface area contributed by atoms with Gasteiger partial charge < -0.3 is 4.90 Å². The molecule has 1 saturated heterocycles. The molecule has 5 rings (SSSR count). The third-order valence-corrected chi connectivity index (χ3v) is 7.16. The Morgan fingerprint density at radius 2 is 2.07 bits per heavy atom. The zero-order valence-corrected chi connectivity index (χ0v) is 18.1. The van der Waals surface area contributed by atoms with Crippen molar-refractivity contribution in [2.45, 2.75) is 32.4 Å². The average Bonchev–Trinajstić information content (AvgIpc) is 3.49. The van der Waals surface area contributed by atoms with Crippen LogP contribution in [0.2, 0.25) is 5.02 Å². The number of carbonyl (C=O) groups is 1. The number of benzene rings is 1. The van der Waals surface area contributed by atoms with Crippen LogP contribution in [-0.4, -0.2) is 48.4 Å². The van der Waals surface area contributed by atoms with Gasteiger partial charge in [0, 0.05) is 23.5 Å². The van der Waals surface area contributed by atoms with Crippen LogP contribution in [0.5, 0.6) is 0 Å². The number of hydrogen-bond donors (Lipinski definition) is 0. The third-order valence-electron chi connectivity index (χ3n) is 5.66. The van der Waals surface area contributed by atoms with Crippen molar-refractivity contribution in [2.75, 3.05) is 13.1 Å². The Morgan fingerprint density at radius 3 is 2.80 bits per heavy atom. The summed E-state index contributed by atoms with van der Waals surface area (Å²) in [6.07, 6.45) is 5.09. The van der Waals surface area contributed by atoms with Crippen molar-refractivity contribution < 1.29 is 4.79 Å². The minimum Gasteiger partial charge on any atom is -0.338 e. The first-order chi connectivity index (χ1) is 14.6. The van der Waals surface area contributed by atoms with E-state index < -0.39 is 0 Å². The Morgan fingerprint density at radius 1 is 1.27 bits per heavy atom. The van der Waals surface area contributed by atoms with Gasteiger partial charge in [-0.2, -0.15) is 10.2 Å². The summed E-state index contributed by atoms with van der Waals surface area (Å²) in [6, 6.07) is 10.1. The average molecular weight is 441 g/mol. The largest absolute Gasteiger partial charge is 0.338 e. The lowest BCUT2D eigenvalue weighted by Gasteiger charge is -2.31. The van der Waals surface area contributed by atoms with Gasteiger partial charge in [-0.25, -0.2) is 9.67 Å². The molecular weight excluding hydrogens is 420 g/mol.